The van der Waals surface area contributed by atoms with E-state index in [0.29, 0.717) is 6.61 Å². The van der Waals surface area contributed by atoms with Crippen molar-refractivity contribution in [2.45, 2.75) is 32.4 Å². The first kappa shape index (κ1) is 15.1. The summed E-state index contributed by atoms with van der Waals surface area (Å²) in [5.74, 6) is 1.89. The van der Waals surface area contributed by atoms with E-state index >= 15 is 0 Å². The fraction of sp³-hybridized carbons (Fsp3) is 0.400. The maximum atomic E-state index is 5.98. The van der Waals surface area contributed by atoms with Gasteiger partial charge in [-0.3, -0.25) is 0 Å². The molecule has 20 heavy (non-hydrogen) atoms. The number of benzene rings is 1. The maximum absolute atomic E-state index is 5.98. The smallest absolute Gasteiger partial charge is 0.120 e. The number of hydrogen-bond acceptors (Lipinski definition) is 3. The van der Waals surface area contributed by atoms with Crippen LogP contribution in [0.2, 0.25) is 0 Å². The molecule has 0 radical (unpaired) electrons. The van der Waals surface area contributed by atoms with E-state index in [9.17, 15) is 0 Å². The summed E-state index contributed by atoms with van der Waals surface area (Å²) in [6.45, 7) is 3.48. The van der Waals surface area contributed by atoms with Gasteiger partial charge in [0.25, 0.3) is 0 Å². The van der Waals surface area contributed by atoms with Crippen molar-refractivity contribution in [2.75, 3.05) is 6.61 Å². The van der Waals surface area contributed by atoms with Gasteiger partial charge in [-0.2, -0.15) is 0 Å². The summed E-state index contributed by atoms with van der Waals surface area (Å²) in [7, 11) is 0. The van der Waals surface area contributed by atoms with Crippen molar-refractivity contribution in [1.29, 1.82) is 0 Å². The Morgan fingerprint density at radius 3 is 3.05 bits per heavy atom. The highest BCUT2D eigenvalue weighted by Gasteiger charge is 2.07. The first-order chi connectivity index (χ1) is 9.69. The number of rotatable bonds is 7. The molecule has 0 amide bonds. The number of aromatic nitrogens is 2. The number of hydrogen-bond donors (Lipinski definition) is 1. The fourth-order valence-electron chi connectivity index (χ4n) is 1.93. The molecule has 1 aromatic heterocycles. The predicted octanol–water partition coefficient (Wildman–Crippen LogP) is 3.00. The summed E-state index contributed by atoms with van der Waals surface area (Å²) in [6.07, 6.45) is 5.56. The maximum Gasteiger partial charge on any atom is 0.120 e. The van der Waals surface area contributed by atoms with Gasteiger partial charge in [-0.25, -0.2) is 4.98 Å². The monoisotopic (exact) mass is 337 g/mol. The first-order valence-corrected chi connectivity index (χ1v) is 7.62. The number of halogens is 1. The van der Waals surface area contributed by atoms with Gasteiger partial charge < -0.3 is 15.0 Å². The third-order valence-electron chi connectivity index (χ3n) is 3.17. The molecule has 1 aromatic carbocycles. The average Bonchev–Trinajstić information content (AvgIpc) is 2.86. The van der Waals surface area contributed by atoms with E-state index in [1.54, 1.807) is 0 Å². The third kappa shape index (κ3) is 4.35. The van der Waals surface area contributed by atoms with Crippen LogP contribution in [0.4, 0.5) is 0 Å². The summed E-state index contributed by atoms with van der Waals surface area (Å²) >= 11 is 3.43. The molecular weight excluding hydrogens is 318 g/mol. The Hall–Kier alpha value is -1.33. The van der Waals surface area contributed by atoms with Gasteiger partial charge in [-0.15, -0.1) is 0 Å². The van der Waals surface area contributed by atoms with E-state index in [1.807, 2.05) is 36.7 Å². The highest BCUT2D eigenvalue weighted by molar-refractivity contribution is 9.10. The van der Waals surface area contributed by atoms with E-state index in [4.69, 9.17) is 10.5 Å². The quantitative estimate of drug-likeness (QED) is 0.844. The minimum Gasteiger partial charge on any atom is -0.492 e. The largest absolute Gasteiger partial charge is 0.492 e. The molecule has 2 rings (SSSR count). The van der Waals surface area contributed by atoms with Gasteiger partial charge in [0, 0.05) is 29.3 Å². The Kier molecular flexibility index (Phi) is 5.61. The highest BCUT2D eigenvalue weighted by Crippen LogP contribution is 2.17. The molecule has 2 N–H and O–H groups in total. The second kappa shape index (κ2) is 7.45. The molecule has 0 fully saturated rings. The van der Waals surface area contributed by atoms with Crippen LogP contribution >= 0.6 is 15.9 Å². The summed E-state index contributed by atoms with van der Waals surface area (Å²) in [4.78, 5) is 4.36. The van der Waals surface area contributed by atoms with Crippen LogP contribution in [-0.4, -0.2) is 22.2 Å². The van der Waals surface area contributed by atoms with Crippen molar-refractivity contribution < 1.29 is 4.74 Å². The lowest BCUT2D eigenvalue weighted by molar-refractivity contribution is 0.295. The van der Waals surface area contributed by atoms with Crippen molar-refractivity contribution >= 4 is 15.9 Å². The molecule has 5 heteroatoms. The normalized spacial score (nSPS) is 12.3. The van der Waals surface area contributed by atoms with Crippen LogP contribution in [0.3, 0.4) is 0 Å². The molecule has 0 saturated carbocycles. The van der Waals surface area contributed by atoms with Crippen molar-refractivity contribution in [3.8, 4) is 5.75 Å². The summed E-state index contributed by atoms with van der Waals surface area (Å²) in [5.41, 5.74) is 5.98. The zero-order valence-corrected chi connectivity index (χ0v) is 13.2. The molecule has 0 saturated heterocycles. The summed E-state index contributed by atoms with van der Waals surface area (Å²) in [5, 5.41) is 0. The molecule has 4 nitrogen and oxygen atoms in total. The molecule has 108 valence electrons. The molecule has 0 spiro atoms. The highest BCUT2D eigenvalue weighted by atomic mass is 79.9. The van der Waals surface area contributed by atoms with Gasteiger partial charge in [0.15, 0.2) is 0 Å². The number of imidazole rings is 1. The number of ether oxygens (including phenoxy) is 1. The Labute approximate surface area is 128 Å². The van der Waals surface area contributed by atoms with E-state index < -0.39 is 0 Å². The lowest BCUT2D eigenvalue weighted by Gasteiger charge is -2.12. The van der Waals surface area contributed by atoms with Crippen LogP contribution in [0.1, 0.15) is 19.2 Å². The Morgan fingerprint density at radius 2 is 2.30 bits per heavy atom. The van der Waals surface area contributed by atoms with E-state index in [1.165, 1.54) is 0 Å². The van der Waals surface area contributed by atoms with Crippen LogP contribution in [0.25, 0.3) is 0 Å². The predicted molar refractivity (Wildman–Crippen MR) is 83.8 cm³/mol. The van der Waals surface area contributed by atoms with Gasteiger partial charge in [-0.1, -0.05) is 28.9 Å². The standard InChI is InChI=1S/C15H20BrN3O/c1-2-13(17)11-15-18-6-7-19(15)8-9-20-14-5-3-4-12(16)10-14/h3-7,10,13H,2,8-9,11,17H2,1H3. The van der Waals surface area contributed by atoms with Crippen molar-refractivity contribution in [3.63, 3.8) is 0 Å². The number of nitrogens with zero attached hydrogens (tertiary/aromatic N) is 2. The summed E-state index contributed by atoms with van der Waals surface area (Å²) < 4.78 is 8.86. The van der Waals surface area contributed by atoms with E-state index in [2.05, 4.69) is 32.4 Å². The fourth-order valence-corrected chi connectivity index (χ4v) is 2.31. The van der Waals surface area contributed by atoms with Gasteiger partial charge in [-0.05, 0) is 24.6 Å². The lowest BCUT2D eigenvalue weighted by Crippen LogP contribution is -2.24. The Morgan fingerprint density at radius 1 is 1.45 bits per heavy atom. The van der Waals surface area contributed by atoms with E-state index in [0.717, 1.165) is 35.4 Å². The molecule has 0 bridgehead atoms. The second-order valence-electron chi connectivity index (χ2n) is 4.72. The summed E-state index contributed by atoms with van der Waals surface area (Å²) in [6, 6.07) is 8.02. The molecule has 1 heterocycles. The minimum atomic E-state index is 0.169. The van der Waals surface area contributed by atoms with Gasteiger partial charge in [0.2, 0.25) is 0 Å². The third-order valence-corrected chi connectivity index (χ3v) is 3.66. The Balaban J connectivity index is 1.87. The molecule has 0 aliphatic carbocycles. The molecule has 1 unspecified atom stereocenters. The average molecular weight is 338 g/mol. The van der Waals surface area contributed by atoms with Crippen LogP contribution in [0.15, 0.2) is 41.1 Å². The number of nitrogens with two attached hydrogens (primary N) is 1. The second-order valence-corrected chi connectivity index (χ2v) is 5.63. The molecule has 0 aliphatic heterocycles. The van der Waals surface area contributed by atoms with Crippen LogP contribution < -0.4 is 10.5 Å². The zero-order chi connectivity index (χ0) is 14.4. The zero-order valence-electron chi connectivity index (χ0n) is 11.6. The molecule has 2 aromatic rings. The van der Waals surface area contributed by atoms with Crippen molar-refractivity contribution in [1.82, 2.24) is 9.55 Å². The van der Waals surface area contributed by atoms with Crippen LogP contribution in [0, 0.1) is 0 Å². The van der Waals surface area contributed by atoms with Gasteiger partial charge in [0.05, 0.1) is 6.54 Å². The van der Waals surface area contributed by atoms with Crippen molar-refractivity contribution in [3.05, 3.63) is 47.0 Å². The van der Waals surface area contributed by atoms with Crippen molar-refractivity contribution in [2.24, 2.45) is 5.73 Å². The van der Waals surface area contributed by atoms with E-state index in [-0.39, 0.29) is 6.04 Å². The molecule has 0 aliphatic rings. The molecular formula is C15H20BrN3O. The van der Waals surface area contributed by atoms with Gasteiger partial charge >= 0.3 is 0 Å². The molecule has 1 atom stereocenters. The van der Waals surface area contributed by atoms with Crippen LogP contribution in [-0.2, 0) is 13.0 Å². The van der Waals surface area contributed by atoms with Crippen LogP contribution in [0.5, 0.6) is 5.75 Å². The Bertz CT molecular complexity index is 541. The topological polar surface area (TPSA) is 53.1 Å². The van der Waals surface area contributed by atoms with Gasteiger partial charge in [0.1, 0.15) is 18.2 Å². The first-order valence-electron chi connectivity index (χ1n) is 6.83. The minimum absolute atomic E-state index is 0.169. The lowest BCUT2D eigenvalue weighted by atomic mass is 10.1. The SMILES string of the molecule is CCC(N)Cc1nccn1CCOc1cccc(Br)c1.